The average Bonchev–Trinajstić information content (AvgIpc) is 2.90. The van der Waals surface area contributed by atoms with Crippen LogP contribution in [0.15, 0.2) is 0 Å². The van der Waals surface area contributed by atoms with Gasteiger partial charge < -0.3 is 20.3 Å². The molecule has 0 aromatic carbocycles. The lowest BCUT2D eigenvalue weighted by Gasteiger charge is -2.42. The number of rotatable bonds is 5. The van der Waals surface area contributed by atoms with Crippen LogP contribution in [0.4, 0.5) is 0 Å². The second-order valence-electron chi connectivity index (χ2n) is 6.01. The minimum Gasteiger partial charge on any atom is -0.381 e. The molecule has 1 amide bonds. The van der Waals surface area contributed by atoms with Gasteiger partial charge in [0.15, 0.2) is 0 Å². The van der Waals surface area contributed by atoms with Gasteiger partial charge in [-0.2, -0.15) is 0 Å². The van der Waals surface area contributed by atoms with E-state index in [1.54, 1.807) is 0 Å². The SMILES string of the molecule is CN(C)C1(CNC(=O)CC2CCCN2)CCOCC1.Cl.Cl. The van der Waals surface area contributed by atoms with E-state index in [1.165, 1.54) is 6.42 Å². The Balaban J connectivity index is 0.00000200. The highest BCUT2D eigenvalue weighted by molar-refractivity contribution is 5.85. The number of nitrogens with zero attached hydrogens (tertiary/aromatic N) is 1. The van der Waals surface area contributed by atoms with Gasteiger partial charge in [-0.05, 0) is 46.3 Å². The zero-order valence-corrected chi connectivity index (χ0v) is 14.7. The zero-order chi connectivity index (χ0) is 13.7. The van der Waals surface area contributed by atoms with E-state index in [-0.39, 0.29) is 36.3 Å². The van der Waals surface area contributed by atoms with Crippen molar-refractivity contribution in [1.82, 2.24) is 15.5 Å². The third-order valence-electron chi connectivity index (χ3n) is 4.58. The van der Waals surface area contributed by atoms with Gasteiger partial charge in [0.05, 0.1) is 0 Å². The number of nitrogens with one attached hydrogen (secondary N) is 2. The average molecular weight is 342 g/mol. The maximum Gasteiger partial charge on any atom is 0.221 e. The second kappa shape index (κ2) is 9.85. The van der Waals surface area contributed by atoms with Crippen molar-refractivity contribution in [3.05, 3.63) is 0 Å². The zero-order valence-electron chi connectivity index (χ0n) is 13.0. The predicted molar refractivity (Wildman–Crippen MR) is 89.6 cm³/mol. The van der Waals surface area contributed by atoms with Crippen LogP contribution in [0.2, 0.25) is 0 Å². The molecule has 21 heavy (non-hydrogen) atoms. The molecule has 0 aromatic heterocycles. The summed E-state index contributed by atoms with van der Waals surface area (Å²) >= 11 is 0. The van der Waals surface area contributed by atoms with E-state index in [1.807, 2.05) is 0 Å². The summed E-state index contributed by atoms with van der Waals surface area (Å²) < 4.78 is 5.44. The van der Waals surface area contributed by atoms with Crippen LogP contribution in [0.25, 0.3) is 0 Å². The van der Waals surface area contributed by atoms with Gasteiger partial charge in [0, 0.05) is 37.8 Å². The van der Waals surface area contributed by atoms with E-state index in [2.05, 4.69) is 29.6 Å². The van der Waals surface area contributed by atoms with Crippen LogP contribution in [-0.4, -0.2) is 62.8 Å². The molecular formula is C14H29Cl2N3O2. The van der Waals surface area contributed by atoms with Crippen LogP contribution < -0.4 is 10.6 Å². The summed E-state index contributed by atoms with van der Waals surface area (Å²) in [5, 5.41) is 6.49. The Morgan fingerprint density at radius 1 is 1.33 bits per heavy atom. The van der Waals surface area contributed by atoms with E-state index in [4.69, 9.17) is 4.74 Å². The first kappa shape index (κ1) is 20.9. The molecule has 126 valence electrons. The Bertz CT molecular complexity index is 305. The Morgan fingerprint density at radius 2 is 2.00 bits per heavy atom. The van der Waals surface area contributed by atoms with Gasteiger partial charge in [-0.25, -0.2) is 0 Å². The lowest BCUT2D eigenvalue weighted by molar-refractivity contribution is -0.122. The maximum absolute atomic E-state index is 12.0. The second-order valence-corrected chi connectivity index (χ2v) is 6.01. The molecule has 0 aromatic rings. The Labute approximate surface area is 140 Å². The van der Waals surface area contributed by atoms with Crippen molar-refractivity contribution in [2.24, 2.45) is 0 Å². The minimum atomic E-state index is 0. The Morgan fingerprint density at radius 3 is 2.52 bits per heavy atom. The highest BCUT2D eigenvalue weighted by Gasteiger charge is 2.35. The fourth-order valence-electron chi connectivity index (χ4n) is 3.02. The fourth-order valence-corrected chi connectivity index (χ4v) is 3.02. The van der Waals surface area contributed by atoms with Crippen LogP contribution >= 0.6 is 24.8 Å². The molecule has 7 heteroatoms. The van der Waals surface area contributed by atoms with Crippen LogP contribution in [0.1, 0.15) is 32.1 Å². The summed E-state index contributed by atoms with van der Waals surface area (Å²) in [6.07, 6.45) is 4.90. The monoisotopic (exact) mass is 341 g/mol. The van der Waals surface area contributed by atoms with Crippen molar-refractivity contribution >= 4 is 30.7 Å². The van der Waals surface area contributed by atoms with Gasteiger partial charge in [-0.15, -0.1) is 24.8 Å². The summed E-state index contributed by atoms with van der Waals surface area (Å²) in [6.45, 7) is 3.36. The maximum atomic E-state index is 12.0. The Hall–Kier alpha value is -0.0700. The number of carbonyl (C=O) groups excluding carboxylic acids is 1. The molecule has 2 aliphatic heterocycles. The van der Waals surface area contributed by atoms with Crippen molar-refractivity contribution < 1.29 is 9.53 Å². The smallest absolute Gasteiger partial charge is 0.221 e. The predicted octanol–water partition coefficient (Wildman–Crippen LogP) is 1.20. The molecule has 0 saturated carbocycles. The Kier molecular flexibility index (Phi) is 9.81. The van der Waals surface area contributed by atoms with E-state index in [0.717, 1.165) is 45.6 Å². The molecule has 0 aliphatic carbocycles. The number of amides is 1. The molecule has 0 spiro atoms. The van der Waals surface area contributed by atoms with Gasteiger partial charge in [-0.1, -0.05) is 0 Å². The van der Waals surface area contributed by atoms with E-state index >= 15 is 0 Å². The summed E-state index contributed by atoms with van der Waals surface area (Å²) in [5.41, 5.74) is 0.0665. The molecule has 1 atom stereocenters. The van der Waals surface area contributed by atoms with Gasteiger partial charge in [0.25, 0.3) is 0 Å². The molecule has 5 nitrogen and oxygen atoms in total. The van der Waals surface area contributed by atoms with Crippen molar-refractivity contribution in [2.75, 3.05) is 40.4 Å². The quantitative estimate of drug-likeness (QED) is 0.788. The van der Waals surface area contributed by atoms with E-state index in [0.29, 0.717) is 12.5 Å². The number of ether oxygens (including phenoxy) is 1. The summed E-state index contributed by atoms with van der Waals surface area (Å²) in [6, 6.07) is 0.380. The molecule has 2 fully saturated rings. The number of carbonyl (C=O) groups is 1. The molecule has 0 radical (unpaired) electrons. The van der Waals surface area contributed by atoms with E-state index < -0.39 is 0 Å². The first-order chi connectivity index (χ1) is 9.12. The minimum absolute atomic E-state index is 0. The van der Waals surface area contributed by atoms with Gasteiger partial charge in [-0.3, -0.25) is 4.79 Å². The molecule has 2 N–H and O–H groups in total. The van der Waals surface area contributed by atoms with Gasteiger partial charge >= 0.3 is 0 Å². The normalized spacial score (nSPS) is 24.0. The fraction of sp³-hybridized carbons (Fsp3) is 0.929. The summed E-state index contributed by atoms with van der Waals surface area (Å²) in [5.74, 6) is 0.173. The summed E-state index contributed by atoms with van der Waals surface area (Å²) in [7, 11) is 4.19. The van der Waals surface area contributed by atoms with Crippen LogP contribution in [0.3, 0.4) is 0 Å². The lowest BCUT2D eigenvalue weighted by Crippen LogP contribution is -2.56. The standard InChI is InChI=1S/C14H27N3O2.2ClH/c1-17(2)14(5-8-19-9-6-14)11-16-13(18)10-12-4-3-7-15-12;;/h12,15H,3-11H2,1-2H3,(H,16,18);2*1H. The third kappa shape index (κ3) is 5.91. The lowest BCUT2D eigenvalue weighted by atomic mass is 9.88. The van der Waals surface area contributed by atoms with Crippen molar-refractivity contribution in [1.29, 1.82) is 0 Å². The van der Waals surface area contributed by atoms with Crippen molar-refractivity contribution in [3.63, 3.8) is 0 Å². The van der Waals surface area contributed by atoms with Crippen molar-refractivity contribution in [2.45, 2.75) is 43.7 Å². The molecule has 2 rings (SSSR count). The first-order valence-electron chi connectivity index (χ1n) is 7.38. The van der Waals surface area contributed by atoms with Gasteiger partial charge in [0.2, 0.25) is 5.91 Å². The molecule has 2 saturated heterocycles. The largest absolute Gasteiger partial charge is 0.381 e. The molecule has 0 bridgehead atoms. The van der Waals surface area contributed by atoms with Crippen LogP contribution in [-0.2, 0) is 9.53 Å². The molecular weight excluding hydrogens is 313 g/mol. The van der Waals surface area contributed by atoms with Gasteiger partial charge in [0.1, 0.15) is 0 Å². The molecule has 2 aliphatic rings. The summed E-state index contributed by atoms with van der Waals surface area (Å²) in [4.78, 5) is 14.2. The number of hydrogen-bond donors (Lipinski definition) is 2. The van der Waals surface area contributed by atoms with E-state index in [9.17, 15) is 4.79 Å². The molecule has 1 unspecified atom stereocenters. The third-order valence-corrected chi connectivity index (χ3v) is 4.58. The number of hydrogen-bond acceptors (Lipinski definition) is 4. The van der Waals surface area contributed by atoms with Crippen LogP contribution in [0, 0.1) is 0 Å². The number of halogens is 2. The highest BCUT2D eigenvalue weighted by Crippen LogP contribution is 2.25. The van der Waals surface area contributed by atoms with Crippen LogP contribution in [0.5, 0.6) is 0 Å². The van der Waals surface area contributed by atoms with Crippen molar-refractivity contribution in [3.8, 4) is 0 Å². The highest BCUT2D eigenvalue weighted by atomic mass is 35.5. The topological polar surface area (TPSA) is 53.6 Å². The number of likely N-dealkylation sites (N-methyl/N-ethyl adjacent to an activating group) is 1. The molecule has 2 heterocycles. The first-order valence-corrected chi connectivity index (χ1v) is 7.38.